The van der Waals surface area contributed by atoms with Crippen LogP contribution in [0.25, 0.3) is 10.9 Å². The van der Waals surface area contributed by atoms with Gasteiger partial charge in [0, 0.05) is 28.3 Å². The van der Waals surface area contributed by atoms with Gasteiger partial charge in [0.25, 0.3) is 10.0 Å². The summed E-state index contributed by atoms with van der Waals surface area (Å²) in [5.74, 6) is 0. The van der Waals surface area contributed by atoms with Crippen LogP contribution >= 0.6 is 11.6 Å². The largest absolute Gasteiger partial charge is 0.348 e. The lowest BCUT2D eigenvalue weighted by atomic mass is 9.77. The molecule has 5 nitrogen and oxygen atoms in total. The second-order valence-electron chi connectivity index (χ2n) is 8.02. The average molecular weight is 437 g/mol. The molecule has 4 aromatic rings. The van der Waals surface area contributed by atoms with E-state index in [2.05, 4.69) is 4.98 Å². The number of benzene rings is 2. The summed E-state index contributed by atoms with van der Waals surface area (Å²) in [7, 11) is -3.86. The lowest BCUT2D eigenvalue weighted by molar-refractivity contribution is -0.0529. The van der Waals surface area contributed by atoms with Crippen LogP contribution in [0.4, 0.5) is 0 Å². The Labute approximate surface area is 178 Å². The van der Waals surface area contributed by atoms with Gasteiger partial charge in [-0.05, 0) is 38.1 Å². The number of nitrogens with zero attached hydrogens (tertiary/aromatic N) is 2. The lowest BCUT2D eigenvalue weighted by Crippen LogP contribution is -2.28. The Bertz CT molecular complexity index is 1480. The van der Waals surface area contributed by atoms with Crippen LogP contribution < -0.4 is 0 Å². The molecular weight excluding hydrogens is 420 g/mol. The standard InChI is InChI=1S/C23H17ClN2O3S/c1-22-16-12-13-25-21(24)19(16)23(2,29-22)18-15-10-6-7-11-17(15)26(20(18)22)30(27,28)14-8-4-3-5-9-14/h3-13H,1-2H3. The zero-order valence-corrected chi connectivity index (χ0v) is 17.8. The predicted octanol–water partition coefficient (Wildman–Crippen LogP) is 4.80. The summed E-state index contributed by atoms with van der Waals surface area (Å²) in [4.78, 5) is 4.50. The third-order valence-corrected chi connectivity index (χ3v) is 8.36. The Morgan fingerprint density at radius 3 is 2.40 bits per heavy atom. The van der Waals surface area contributed by atoms with E-state index in [4.69, 9.17) is 16.3 Å². The highest BCUT2D eigenvalue weighted by Crippen LogP contribution is 2.64. The van der Waals surface area contributed by atoms with E-state index in [1.165, 1.54) is 3.97 Å². The summed E-state index contributed by atoms with van der Waals surface area (Å²) < 4.78 is 35.7. The number of ether oxygens (including phenoxy) is 1. The molecule has 2 bridgehead atoms. The van der Waals surface area contributed by atoms with Crippen molar-refractivity contribution in [3.8, 4) is 0 Å². The number of rotatable bonds is 2. The molecule has 6 rings (SSSR count). The second kappa shape index (κ2) is 5.52. The maximum Gasteiger partial charge on any atom is 0.268 e. The third-order valence-electron chi connectivity index (χ3n) is 6.35. The number of fused-ring (bicyclic) bond motifs is 10. The van der Waals surface area contributed by atoms with E-state index in [1.54, 1.807) is 36.5 Å². The summed E-state index contributed by atoms with van der Waals surface area (Å²) >= 11 is 6.51. The van der Waals surface area contributed by atoms with E-state index in [9.17, 15) is 8.42 Å². The molecule has 0 saturated carbocycles. The van der Waals surface area contributed by atoms with E-state index in [0.29, 0.717) is 16.4 Å². The van der Waals surface area contributed by atoms with Gasteiger partial charge in [-0.25, -0.2) is 17.4 Å². The Morgan fingerprint density at radius 2 is 1.63 bits per heavy atom. The molecule has 0 radical (unpaired) electrons. The summed E-state index contributed by atoms with van der Waals surface area (Å²) in [5, 5.41) is 1.22. The van der Waals surface area contributed by atoms with Gasteiger partial charge in [0.05, 0.1) is 16.1 Å². The van der Waals surface area contributed by atoms with Crippen LogP contribution in [-0.4, -0.2) is 17.4 Å². The van der Waals surface area contributed by atoms with Gasteiger partial charge in [-0.15, -0.1) is 0 Å². The molecule has 2 aromatic carbocycles. The Kier molecular flexibility index (Phi) is 3.33. The van der Waals surface area contributed by atoms with Crippen LogP contribution in [0, 0.1) is 0 Å². The fourth-order valence-electron chi connectivity index (χ4n) is 5.23. The van der Waals surface area contributed by atoms with Gasteiger partial charge < -0.3 is 4.74 Å². The van der Waals surface area contributed by atoms with E-state index < -0.39 is 21.2 Å². The first-order valence-corrected chi connectivity index (χ1v) is 11.4. The van der Waals surface area contributed by atoms with Crippen molar-refractivity contribution in [1.29, 1.82) is 0 Å². The molecule has 2 unspecified atom stereocenters. The maximum absolute atomic E-state index is 13.8. The fourth-order valence-corrected chi connectivity index (χ4v) is 7.20. The number of hydrogen-bond acceptors (Lipinski definition) is 4. The molecule has 2 aliphatic heterocycles. The molecule has 0 saturated heterocycles. The molecule has 30 heavy (non-hydrogen) atoms. The fraction of sp³-hybridized carbons (Fsp3) is 0.174. The van der Waals surface area contributed by atoms with Crippen molar-refractivity contribution in [2.45, 2.75) is 29.9 Å². The first kappa shape index (κ1) is 18.1. The van der Waals surface area contributed by atoms with E-state index in [0.717, 1.165) is 22.1 Å². The number of aromatic nitrogens is 2. The minimum absolute atomic E-state index is 0.234. The zero-order chi connectivity index (χ0) is 20.9. The van der Waals surface area contributed by atoms with Crippen molar-refractivity contribution in [3.63, 3.8) is 0 Å². The maximum atomic E-state index is 13.8. The highest BCUT2D eigenvalue weighted by atomic mass is 35.5. The average Bonchev–Trinajstić information content (AvgIpc) is 3.30. The van der Waals surface area contributed by atoms with Crippen molar-refractivity contribution in [3.05, 3.63) is 94.4 Å². The van der Waals surface area contributed by atoms with E-state index >= 15 is 0 Å². The molecular formula is C23H17ClN2O3S. The minimum atomic E-state index is -3.86. The Hall–Kier alpha value is -2.67. The molecule has 4 heterocycles. The van der Waals surface area contributed by atoms with Crippen molar-refractivity contribution in [2.75, 3.05) is 0 Å². The molecule has 0 aliphatic carbocycles. The van der Waals surface area contributed by atoms with Gasteiger partial charge in [-0.1, -0.05) is 48.0 Å². The smallest absolute Gasteiger partial charge is 0.268 e. The lowest BCUT2D eigenvalue weighted by Gasteiger charge is -2.26. The topological polar surface area (TPSA) is 61.2 Å². The minimum Gasteiger partial charge on any atom is -0.348 e. The zero-order valence-electron chi connectivity index (χ0n) is 16.3. The van der Waals surface area contributed by atoms with Crippen LogP contribution in [0.5, 0.6) is 0 Å². The van der Waals surface area contributed by atoms with Gasteiger partial charge in [-0.2, -0.15) is 0 Å². The number of hydrogen-bond donors (Lipinski definition) is 0. The number of pyridine rings is 1. The third kappa shape index (κ3) is 1.92. The van der Waals surface area contributed by atoms with Gasteiger partial charge in [0.15, 0.2) is 0 Å². The summed E-state index contributed by atoms with van der Waals surface area (Å²) in [6.07, 6.45) is 1.64. The van der Waals surface area contributed by atoms with Crippen molar-refractivity contribution in [2.24, 2.45) is 0 Å². The van der Waals surface area contributed by atoms with Crippen LogP contribution in [0.2, 0.25) is 5.15 Å². The van der Waals surface area contributed by atoms with Crippen molar-refractivity contribution >= 4 is 32.5 Å². The van der Waals surface area contributed by atoms with Crippen LogP contribution in [0.1, 0.15) is 36.2 Å². The molecule has 2 aromatic heterocycles. The first-order valence-electron chi connectivity index (χ1n) is 9.61. The molecule has 150 valence electrons. The Morgan fingerprint density at radius 1 is 0.933 bits per heavy atom. The van der Waals surface area contributed by atoms with Crippen molar-refractivity contribution in [1.82, 2.24) is 8.96 Å². The highest BCUT2D eigenvalue weighted by Gasteiger charge is 2.63. The monoisotopic (exact) mass is 436 g/mol. The van der Waals surface area contributed by atoms with Crippen LogP contribution in [0.15, 0.2) is 71.8 Å². The number of halogens is 1. The second-order valence-corrected chi connectivity index (χ2v) is 10.2. The number of para-hydroxylation sites is 1. The van der Waals surface area contributed by atoms with Crippen LogP contribution in [-0.2, 0) is 26.0 Å². The first-order chi connectivity index (χ1) is 14.3. The highest BCUT2D eigenvalue weighted by molar-refractivity contribution is 7.90. The van der Waals surface area contributed by atoms with Gasteiger partial charge in [0.1, 0.15) is 16.4 Å². The van der Waals surface area contributed by atoms with Crippen molar-refractivity contribution < 1.29 is 13.2 Å². The van der Waals surface area contributed by atoms with Gasteiger partial charge in [-0.3, -0.25) is 0 Å². The quantitative estimate of drug-likeness (QED) is 0.423. The molecule has 7 heteroatoms. The molecule has 2 atom stereocenters. The summed E-state index contributed by atoms with van der Waals surface area (Å²) in [5.41, 5.74) is 1.90. The van der Waals surface area contributed by atoms with Gasteiger partial charge in [0.2, 0.25) is 0 Å². The van der Waals surface area contributed by atoms with Crippen LogP contribution in [0.3, 0.4) is 0 Å². The normalized spacial score (nSPS) is 24.2. The summed E-state index contributed by atoms with van der Waals surface area (Å²) in [6.45, 7) is 3.86. The Balaban J connectivity index is 1.80. The molecule has 2 aliphatic rings. The molecule has 0 fully saturated rings. The SMILES string of the molecule is CC12OC(C)(c3ccnc(Cl)c31)c1c2c2ccccc2n1S(=O)(=O)c1ccccc1. The molecule has 0 N–H and O–H groups in total. The molecule has 0 amide bonds. The summed E-state index contributed by atoms with van der Waals surface area (Å²) in [6, 6.07) is 17.9. The van der Waals surface area contributed by atoms with E-state index in [-0.39, 0.29) is 4.90 Å². The molecule has 0 spiro atoms. The van der Waals surface area contributed by atoms with Gasteiger partial charge >= 0.3 is 0 Å². The predicted molar refractivity (Wildman–Crippen MR) is 114 cm³/mol. The van der Waals surface area contributed by atoms with E-state index in [1.807, 2.05) is 44.2 Å².